The van der Waals surface area contributed by atoms with E-state index >= 15 is 0 Å². The third-order valence-corrected chi connectivity index (χ3v) is 4.78. The molecule has 0 unspecified atom stereocenters. The first-order valence-corrected chi connectivity index (χ1v) is 9.50. The summed E-state index contributed by atoms with van der Waals surface area (Å²) in [5.41, 5.74) is 3.92. The Morgan fingerprint density at radius 3 is 2.33 bits per heavy atom. The van der Waals surface area contributed by atoms with E-state index in [-0.39, 0.29) is 12.3 Å². The minimum atomic E-state index is -0.127. The Morgan fingerprint density at radius 1 is 0.900 bits per heavy atom. The second-order valence-corrected chi connectivity index (χ2v) is 6.75. The van der Waals surface area contributed by atoms with E-state index in [2.05, 4.69) is 10.6 Å². The largest absolute Gasteiger partial charge is 0.497 e. The molecule has 1 heterocycles. The van der Waals surface area contributed by atoms with E-state index in [4.69, 9.17) is 13.9 Å². The molecule has 4 rings (SSSR count). The van der Waals surface area contributed by atoms with Crippen molar-refractivity contribution in [3.05, 3.63) is 78.6 Å². The second-order valence-electron chi connectivity index (χ2n) is 6.75. The van der Waals surface area contributed by atoms with Crippen LogP contribution in [0.1, 0.15) is 5.56 Å². The fraction of sp³-hybridized carbons (Fsp3) is 0.125. The van der Waals surface area contributed by atoms with Crippen LogP contribution in [0.4, 0.5) is 17.1 Å². The molecule has 0 radical (unpaired) electrons. The van der Waals surface area contributed by atoms with Crippen LogP contribution in [0.5, 0.6) is 11.5 Å². The summed E-state index contributed by atoms with van der Waals surface area (Å²) in [4.78, 5) is 12.7. The Bertz CT molecular complexity index is 1170. The van der Waals surface area contributed by atoms with E-state index < -0.39 is 0 Å². The fourth-order valence-corrected chi connectivity index (χ4v) is 3.23. The number of furan rings is 1. The van der Waals surface area contributed by atoms with Gasteiger partial charge in [0.05, 0.1) is 38.3 Å². The number of nitrogens with one attached hydrogen (secondary N) is 2. The minimum Gasteiger partial charge on any atom is -0.497 e. The lowest BCUT2D eigenvalue weighted by atomic mass is 10.1. The molecular weight excluding hydrogens is 380 g/mol. The molecule has 2 N–H and O–H groups in total. The van der Waals surface area contributed by atoms with Crippen molar-refractivity contribution in [2.45, 2.75) is 6.42 Å². The number of methoxy groups -OCH3 is 2. The summed E-state index contributed by atoms with van der Waals surface area (Å²) in [7, 11) is 3.24. The Kier molecular flexibility index (Phi) is 5.57. The molecule has 0 spiro atoms. The van der Waals surface area contributed by atoms with E-state index in [0.717, 1.165) is 28.1 Å². The van der Waals surface area contributed by atoms with Gasteiger partial charge in [-0.3, -0.25) is 4.79 Å². The number of carbonyl (C=O) groups excluding carboxylic acids is 1. The summed E-state index contributed by atoms with van der Waals surface area (Å²) < 4.78 is 16.0. The van der Waals surface area contributed by atoms with Crippen molar-refractivity contribution >= 4 is 33.9 Å². The molecule has 6 nitrogen and oxygen atoms in total. The van der Waals surface area contributed by atoms with Gasteiger partial charge in [0.25, 0.3) is 0 Å². The maximum absolute atomic E-state index is 12.7. The highest BCUT2D eigenvalue weighted by atomic mass is 16.5. The summed E-state index contributed by atoms with van der Waals surface area (Å²) in [5, 5.41) is 7.21. The summed E-state index contributed by atoms with van der Waals surface area (Å²) in [5.74, 6) is 1.37. The van der Waals surface area contributed by atoms with E-state index in [1.165, 1.54) is 0 Å². The zero-order valence-corrected chi connectivity index (χ0v) is 16.8. The molecule has 0 fully saturated rings. The van der Waals surface area contributed by atoms with Gasteiger partial charge in [0, 0.05) is 22.7 Å². The van der Waals surface area contributed by atoms with Crippen LogP contribution in [-0.2, 0) is 11.2 Å². The zero-order chi connectivity index (χ0) is 20.9. The SMILES string of the molecule is COc1ccc(Nc2ccccc2NC(=O)Cc2coc3cc(OC)ccc23)cc1. The molecule has 3 aromatic carbocycles. The van der Waals surface area contributed by atoms with Gasteiger partial charge in [-0.2, -0.15) is 0 Å². The number of hydrogen-bond donors (Lipinski definition) is 2. The summed E-state index contributed by atoms with van der Waals surface area (Å²) >= 11 is 0. The number of benzene rings is 3. The lowest BCUT2D eigenvalue weighted by Crippen LogP contribution is -2.15. The normalized spacial score (nSPS) is 10.6. The summed E-state index contributed by atoms with van der Waals surface area (Å²) in [6.07, 6.45) is 1.82. The predicted octanol–water partition coefficient (Wildman–Crippen LogP) is 5.37. The number of para-hydroxylation sites is 2. The van der Waals surface area contributed by atoms with E-state index in [1.54, 1.807) is 20.5 Å². The van der Waals surface area contributed by atoms with Gasteiger partial charge >= 0.3 is 0 Å². The van der Waals surface area contributed by atoms with Gasteiger partial charge in [0.1, 0.15) is 17.1 Å². The average molecular weight is 402 g/mol. The van der Waals surface area contributed by atoms with Crippen LogP contribution in [0.3, 0.4) is 0 Å². The summed E-state index contributed by atoms with van der Waals surface area (Å²) in [6, 6.07) is 20.7. The number of ether oxygens (including phenoxy) is 2. The van der Waals surface area contributed by atoms with E-state index in [9.17, 15) is 4.79 Å². The minimum absolute atomic E-state index is 0.127. The smallest absolute Gasteiger partial charge is 0.228 e. The highest BCUT2D eigenvalue weighted by Crippen LogP contribution is 2.28. The van der Waals surface area contributed by atoms with Gasteiger partial charge in [0.15, 0.2) is 0 Å². The Balaban J connectivity index is 1.48. The van der Waals surface area contributed by atoms with Gasteiger partial charge in [-0.25, -0.2) is 0 Å². The van der Waals surface area contributed by atoms with Crippen LogP contribution in [0.25, 0.3) is 11.0 Å². The Morgan fingerprint density at radius 2 is 1.60 bits per heavy atom. The van der Waals surface area contributed by atoms with Crippen LogP contribution in [0, 0.1) is 0 Å². The van der Waals surface area contributed by atoms with E-state index in [0.29, 0.717) is 17.0 Å². The number of amides is 1. The zero-order valence-electron chi connectivity index (χ0n) is 16.8. The first kappa shape index (κ1) is 19.4. The second kappa shape index (κ2) is 8.61. The van der Waals surface area contributed by atoms with Crippen molar-refractivity contribution < 1.29 is 18.7 Å². The lowest BCUT2D eigenvalue weighted by molar-refractivity contribution is -0.115. The number of fused-ring (bicyclic) bond motifs is 1. The lowest BCUT2D eigenvalue weighted by Gasteiger charge is -2.13. The molecular formula is C24H22N2O4. The Hall–Kier alpha value is -3.93. The van der Waals surface area contributed by atoms with Crippen LogP contribution >= 0.6 is 0 Å². The molecule has 4 aromatic rings. The maximum Gasteiger partial charge on any atom is 0.228 e. The molecule has 0 bridgehead atoms. The van der Waals surface area contributed by atoms with Gasteiger partial charge in [-0.1, -0.05) is 12.1 Å². The molecule has 0 saturated heterocycles. The van der Waals surface area contributed by atoms with Crippen molar-refractivity contribution in [1.82, 2.24) is 0 Å². The van der Waals surface area contributed by atoms with Crippen LogP contribution < -0.4 is 20.1 Å². The van der Waals surface area contributed by atoms with Crippen LogP contribution in [0.2, 0.25) is 0 Å². The molecule has 0 aliphatic heterocycles. The first-order valence-electron chi connectivity index (χ1n) is 9.50. The van der Waals surface area contributed by atoms with Crippen LogP contribution in [0.15, 0.2) is 77.4 Å². The number of rotatable bonds is 7. The highest BCUT2D eigenvalue weighted by Gasteiger charge is 2.13. The highest BCUT2D eigenvalue weighted by molar-refractivity contribution is 5.98. The quantitative estimate of drug-likeness (QED) is 0.434. The predicted molar refractivity (Wildman–Crippen MR) is 118 cm³/mol. The molecule has 1 aromatic heterocycles. The van der Waals surface area contributed by atoms with Crippen molar-refractivity contribution in [2.75, 3.05) is 24.9 Å². The fourth-order valence-electron chi connectivity index (χ4n) is 3.23. The third kappa shape index (κ3) is 4.22. The van der Waals surface area contributed by atoms with Gasteiger partial charge in [0.2, 0.25) is 5.91 Å². The molecule has 1 amide bonds. The molecule has 30 heavy (non-hydrogen) atoms. The molecule has 6 heteroatoms. The summed E-state index contributed by atoms with van der Waals surface area (Å²) in [6.45, 7) is 0. The average Bonchev–Trinajstić information content (AvgIpc) is 3.17. The molecule has 0 aliphatic rings. The molecule has 0 saturated carbocycles. The third-order valence-electron chi connectivity index (χ3n) is 4.78. The van der Waals surface area contributed by atoms with Crippen molar-refractivity contribution in [2.24, 2.45) is 0 Å². The van der Waals surface area contributed by atoms with Gasteiger partial charge in [-0.05, 0) is 48.5 Å². The van der Waals surface area contributed by atoms with Crippen molar-refractivity contribution in [3.8, 4) is 11.5 Å². The van der Waals surface area contributed by atoms with Crippen molar-refractivity contribution in [1.29, 1.82) is 0 Å². The van der Waals surface area contributed by atoms with E-state index in [1.807, 2.05) is 66.7 Å². The van der Waals surface area contributed by atoms with Crippen molar-refractivity contribution in [3.63, 3.8) is 0 Å². The number of hydrogen-bond acceptors (Lipinski definition) is 5. The number of anilines is 3. The monoisotopic (exact) mass is 402 g/mol. The topological polar surface area (TPSA) is 72.7 Å². The number of carbonyl (C=O) groups is 1. The molecule has 0 atom stereocenters. The molecule has 0 aliphatic carbocycles. The standard InChI is InChI=1S/C24H22N2O4/c1-28-18-9-7-17(8-10-18)25-21-5-3-4-6-22(21)26-24(27)13-16-15-30-23-14-19(29-2)11-12-20(16)23/h3-12,14-15,25H,13H2,1-2H3,(H,26,27). The molecule has 152 valence electrons. The van der Waals surface area contributed by atoms with Gasteiger partial charge in [-0.15, -0.1) is 0 Å². The van der Waals surface area contributed by atoms with Gasteiger partial charge < -0.3 is 24.5 Å². The van der Waals surface area contributed by atoms with Crippen LogP contribution in [-0.4, -0.2) is 20.1 Å². The first-order chi connectivity index (χ1) is 14.7. The Labute approximate surface area is 174 Å². The maximum atomic E-state index is 12.7.